The highest BCUT2D eigenvalue weighted by molar-refractivity contribution is 6.38. The monoisotopic (exact) mass is 858 g/mol. The van der Waals surface area contributed by atoms with Gasteiger partial charge in [0, 0.05) is 39.6 Å². The predicted octanol–water partition coefficient (Wildman–Crippen LogP) is 0.841. The summed E-state index contributed by atoms with van der Waals surface area (Å²) in [5, 5.41) is 19.7. The van der Waals surface area contributed by atoms with Gasteiger partial charge >= 0.3 is 0 Å². The molecule has 1 aromatic carbocycles. The molecular weight excluding hydrogens is 797 g/mol. The molecule has 0 radical (unpaired) electrons. The van der Waals surface area contributed by atoms with Crippen LogP contribution in [0.5, 0.6) is 0 Å². The van der Waals surface area contributed by atoms with Crippen LogP contribution in [0.4, 0.5) is 0 Å². The van der Waals surface area contributed by atoms with Crippen molar-refractivity contribution >= 4 is 47.1 Å². The lowest BCUT2D eigenvalue weighted by atomic mass is 9.81. The molecule has 2 saturated carbocycles. The van der Waals surface area contributed by atoms with E-state index < -0.39 is 83.9 Å². The van der Waals surface area contributed by atoms with E-state index >= 15 is 0 Å². The lowest BCUT2D eigenvalue weighted by Gasteiger charge is -2.35. The van der Waals surface area contributed by atoms with Crippen LogP contribution in [-0.4, -0.2) is 120 Å². The Labute approximate surface area is 362 Å². The number of nitrogens with zero attached hydrogens (tertiary/aromatic N) is 3. The second-order valence-electron chi connectivity index (χ2n) is 16.7. The summed E-state index contributed by atoms with van der Waals surface area (Å²) in [6, 6.07) is 3.88. The molecule has 0 spiro atoms. The summed E-state index contributed by atoms with van der Waals surface area (Å²) in [5.41, 5.74) is 0.625. The molecule has 2 heterocycles. The van der Waals surface area contributed by atoms with Crippen LogP contribution in [0.2, 0.25) is 0 Å². The summed E-state index contributed by atoms with van der Waals surface area (Å²) < 4.78 is 0. The second-order valence-corrected chi connectivity index (χ2v) is 16.7. The molecule has 3 fully saturated rings. The SMILES string of the molecule is CCC[C@H](NC(=O)[C@@H]1CNC[C@@H]1NC(=O)[C@@H](NC(=O)[C@@H](NC(=O)c1cnccn1)C1CCCCC1)C1CCCCC1)C(=O)C(=O)NCC(=O)N[C@H](C(=O)N(C)C)c1ccccc1. The molecule has 1 aliphatic heterocycles. The van der Waals surface area contributed by atoms with E-state index in [0.29, 0.717) is 12.0 Å². The lowest BCUT2D eigenvalue weighted by molar-refractivity contribution is -0.141. The Kier molecular flexibility index (Phi) is 17.9. The maximum atomic E-state index is 14.3. The van der Waals surface area contributed by atoms with E-state index in [1.807, 2.05) is 0 Å². The topological polar surface area (TPSA) is 250 Å². The van der Waals surface area contributed by atoms with E-state index in [9.17, 15) is 38.4 Å². The maximum Gasteiger partial charge on any atom is 0.290 e. The molecule has 2 aliphatic carbocycles. The number of hydrogen-bond donors (Lipinski definition) is 7. The summed E-state index contributed by atoms with van der Waals surface area (Å²) in [7, 11) is 3.11. The fourth-order valence-electron chi connectivity index (χ4n) is 8.63. The van der Waals surface area contributed by atoms with Crippen molar-refractivity contribution in [2.45, 2.75) is 114 Å². The van der Waals surface area contributed by atoms with E-state index in [2.05, 4.69) is 47.2 Å². The van der Waals surface area contributed by atoms with Gasteiger partial charge in [-0.15, -0.1) is 0 Å². The molecule has 1 aromatic heterocycles. The number of likely N-dealkylation sites (N-methyl/N-ethyl adjacent to an activating group) is 1. The number of amides is 7. The molecule has 336 valence electrons. The summed E-state index contributed by atoms with van der Waals surface area (Å²) in [4.78, 5) is 117. The maximum absolute atomic E-state index is 14.3. The van der Waals surface area contributed by atoms with Crippen LogP contribution in [0.1, 0.15) is 106 Å². The van der Waals surface area contributed by atoms with Gasteiger partial charge in [0.05, 0.1) is 30.7 Å². The Morgan fingerprint density at radius 1 is 0.774 bits per heavy atom. The number of benzene rings is 1. The number of aromatic nitrogens is 2. The average molecular weight is 859 g/mol. The van der Waals surface area contributed by atoms with Gasteiger partial charge in [0.2, 0.25) is 35.3 Å². The summed E-state index contributed by atoms with van der Waals surface area (Å²) in [5.74, 6) is -6.17. The van der Waals surface area contributed by atoms with E-state index in [1.165, 1.54) is 23.5 Å². The number of carbonyl (C=O) groups is 8. The summed E-state index contributed by atoms with van der Waals surface area (Å²) in [6.45, 7) is 1.64. The van der Waals surface area contributed by atoms with Crippen molar-refractivity contribution in [3.63, 3.8) is 0 Å². The van der Waals surface area contributed by atoms with Gasteiger partial charge in [-0.3, -0.25) is 43.3 Å². The smallest absolute Gasteiger partial charge is 0.290 e. The van der Waals surface area contributed by atoms with Gasteiger partial charge in [-0.2, -0.15) is 0 Å². The number of rotatable bonds is 19. The third-order valence-corrected chi connectivity index (χ3v) is 12.0. The third-order valence-electron chi connectivity index (χ3n) is 12.0. The fraction of sp³-hybridized carbons (Fsp3) is 0.591. The first-order chi connectivity index (χ1) is 29.9. The quantitative estimate of drug-likeness (QED) is 0.0976. The first kappa shape index (κ1) is 47.3. The molecule has 6 atom stereocenters. The van der Waals surface area contributed by atoms with E-state index in [1.54, 1.807) is 51.4 Å². The molecule has 1 saturated heterocycles. The molecule has 0 bridgehead atoms. The Balaban J connectivity index is 1.21. The second kappa shape index (κ2) is 23.4. The molecular formula is C44H62N10O8. The number of Topliss-reactive ketones (excluding diaryl/α,β-unsaturated/α-hetero) is 1. The minimum atomic E-state index is -1.21. The van der Waals surface area contributed by atoms with Gasteiger partial charge in [0.1, 0.15) is 23.8 Å². The number of nitrogens with one attached hydrogen (secondary N) is 7. The molecule has 62 heavy (non-hydrogen) atoms. The van der Waals surface area contributed by atoms with Crippen LogP contribution >= 0.6 is 0 Å². The van der Waals surface area contributed by atoms with Crippen molar-refractivity contribution in [1.29, 1.82) is 0 Å². The van der Waals surface area contributed by atoms with Gasteiger partial charge in [-0.25, -0.2) is 4.98 Å². The van der Waals surface area contributed by atoms with Crippen LogP contribution in [0.15, 0.2) is 48.9 Å². The van der Waals surface area contributed by atoms with Crippen molar-refractivity contribution in [3.8, 4) is 0 Å². The molecule has 18 heteroatoms. The van der Waals surface area contributed by atoms with E-state index in [-0.39, 0.29) is 42.9 Å². The van der Waals surface area contributed by atoms with Crippen LogP contribution < -0.4 is 37.2 Å². The summed E-state index contributed by atoms with van der Waals surface area (Å²) >= 11 is 0. The van der Waals surface area contributed by atoms with E-state index in [4.69, 9.17) is 0 Å². The van der Waals surface area contributed by atoms with Crippen LogP contribution in [0, 0.1) is 17.8 Å². The lowest BCUT2D eigenvalue weighted by Crippen LogP contribution is -2.60. The number of ketones is 1. The van der Waals surface area contributed by atoms with E-state index in [0.717, 1.165) is 64.2 Å². The number of hydrogen-bond acceptors (Lipinski definition) is 11. The predicted molar refractivity (Wildman–Crippen MR) is 228 cm³/mol. The van der Waals surface area contributed by atoms with Crippen molar-refractivity contribution < 1.29 is 38.4 Å². The van der Waals surface area contributed by atoms with Crippen molar-refractivity contribution in [1.82, 2.24) is 52.1 Å². The first-order valence-corrected chi connectivity index (χ1v) is 21.9. The first-order valence-electron chi connectivity index (χ1n) is 21.9. The average Bonchev–Trinajstić information content (AvgIpc) is 3.76. The highest BCUT2D eigenvalue weighted by Crippen LogP contribution is 2.30. The van der Waals surface area contributed by atoms with Crippen molar-refractivity contribution in [2.24, 2.45) is 17.8 Å². The Bertz CT molecular complexity index is 1870. The van der Waals surface area contributed by atoms with Crippen molar-refractivity contribution in [2.75, 3.05) is 33.7 Å². The highest BCUT2D eigenvalue weighted by Gasteiger charge is 2.41. The molecule has 7 N–H and O–H groups in total. The minimum Gasteiger partial charge on any atom is -0.349 e. The van der Waals surface area contributed by atoms with Gasteiger partial charge in [0.15, 0.2) is 0 Å². The normalized spacial score (nSPS) is 20.0. The zero-order chi connectivity index (χ0) is 44.6. The minimum absolute atomic E-state index is 0.0822. The van der Waals surface area contributed by atoms with Crippen LogP contribution in [0.3, 0.4) is 0 Å². The molecule has 2 aromatic rings. The van der Waals surface area contributed by atoms with Crippen molar-refractivity contribution in [3.05, 3.63) is 60.2 Å². The Morgan fingerprint density at radius 2 is 1.42 bits per heavy atom. The fourth-order valence-corrected chi connectivity index (χ4v) is 8.63. The zero-order valence-electron chi connectivity index (χ0n) is 36.0. The molecule has 0 unspecified atom stereocenters. The molecule has 3 aliphatic rings. The third kappa shape index (κ3) is 13.1. The Hall–Kier alpha value is -5.78. The van der Waals surface area contributed by atoms with Crippen LogP contribution in [-0.2, 0) is 33.6 Å². The van der Waals surface area contributed by atoms with Gasteiger partial charge in [-0.1, -0.05) is 82.2 Å². The molecule has 18 nitrogen and oxygen atoms in total. The molecule has 7 amide bonds. The largest absolute Gasteiger partial charge is 0.349 e. The van der Waals surface area contributed by atoms with Crippen LogP contribution in [0.25, 0.3) is 0 Å². The molecule has 5 rings (SSSR count). The standard InChI is InChI=1S/C44H62N10O8/c1-4-14-31(38(56)43(61)48-26-34(55)51-37(44(62)54(2)3)29-19-12-7-13-20-29)49-39(57)30-23-46-24-32(30)50-41(59)35(27-15-8-5-9-16-27)53-42(60)36(28-17-10-6-11-18-28)52-40(58)33-25-45-21-22-47-33/h7,12-13,19-22,25,27-28,30-32,35-37,46H,4-6,8-11,14-18,23-24,26H2,1-3H3,(H,48,61)(H,49,57)(H,50,59)(H,51,55)(H,52,58)(H,53,60)/t30-,31+,32+,35+,36+,37+/m1/s1. The zero-order valence-corrected chi connectivity index (χ0v) is 36.0. The number of carbonyl (C=O) groups excluding carboxylic acids is 8. The van der Waals surface area contributed by atoms with Gasteiger partial charge < -0.3 is 42.1 Å². The van der Waals surface area contributed by atoms with Gasteiger partial charge in [0.25, 0.3) is 11.8 Å². The van der Waals surface area contributed by atoms with Gasteiger partial charge in [-0.05, 0) is 49.5 Å². The highest BCUT2D eigenvalue weighted by atomic mass is 16.2. The summed E-state index contributed by atoms with van der Waals surface area (Å²) in [6.07, 6.45) is 13.4. The Morgan fingerprint density at radius 3 is 2.02 bits per heavy atom.